The fourth-order valence-corrected chi connectivity index (χ4v) is 3.36. The van der Waals surface area contributed by atoms with Gasteiger partial charge in [0.25, 0.3) is 0 Å². The van der Waals surface area contributed by atoms with E-state index in [1.54, 1.807) is 0 Å². The lowest BCUT2D eigenvalue weighted by atomic mass is 9.82. The van der Waals surface area contributed by atoms with E-state index in [1.165, 1.54) is 25.0 Å². The number of hydrogen-bond acceptors (Lipinski definition) is 6. The molecule has 1 aromatic heterocycles. The third-order valence-corrected chi connectivity index (χ3v) is 5.32. The first-order valence-electron chi connectivity index (χ1n) is 10.3. The summed E-state index contributed by atoms with van der Waals surface area (Å²) in [6.45, 7) is 15.4. The Morgan fingerprint density at radius 1 is 0.885 bits per heavy atom. The third kappa shape index (κ3) is 5.38. The molecule has 2 aliphatic heterocycles. The largest absolute Gasteiger partial charge is 0.354 e. The quantitative estimate of drug-likeness (QED) is 0.745. The zero-order valence-electron chi connectivity index (χ0n) is 16.8. The van der Waals surface area contributed by atoms with Crippen LogP contribution in [0.25, 0.3) is 0 Å². The minimum atomic E-state index is 0.0164. The van der Waals surface area contributed by atoms with Gasteiger partial charge in [-0.3, -0.25) is 0 Å². The van der Waals surface area contributed by atoms with Crippen molar-refractivity contribution in [2.75, 3.05) is 57.3 Å². The van der Waals surface area contributed by atoms with Crippen molar-refractivity contribution in [1.29, 1.82) is 0 Å². The molecule has 0 atom stereocenters. The van der Waals surface area contributed by atoms with Crippen LogP contribution in [0, 0.1) is 0 Å². The molecule has 3 aliphatic rings. The molecule has 146 valence electrons. The lowest BCUT2D eigenvalue weighted by Gasteiger charge is -2.32. The standard InChI is InChI=1S/C16H26N4.C4H10N2/c1-16(2,3)15-18-13(12-5-4-6-12)11-14(19-15)20-9-7-17-8-10-20;1-2-6-4-3-5-1/h11-12,17H,4-10H2,1-3H3;5-6H,1-4H2. The van der Waals surface area contributed by atoms with Gasteiger partial charge >= 0.3 is 0 Å². The van der Waals surface area contributed by atoms with Gasteiger partial charge in [0.15, 0.2) is 0 Å². The van der Waals surface area contributed by atoms with Gasteiger partial charge in [-0.2, -0.15) is 0 Å². The normalized spacial score (nSPS) is 21.6. The molecular weight excluding hydrogens is 324 g/mol. The van der Waals surface area contributed by atoms with E-state index >= 15 is 0 Å². The van der Waals surface area contributed by atoms with Crippen LogP contribution < -0.4 is 20.9 Å². The summed E-state index contributed by atoms with van der Waals surface area (Å²) in [4.78, 5) is 12.1. The molecule has 1 aliphatic carbocycles. The maximum atomic E-state index is 4.87. The first-order valence-corrected chi connectivity index (χ1v) is 10.3. The van der Waals surface area contributed by atoms with Crippen molar-refractivity contribution in [2.45, 2.75) is 51.4 Å². The fraction of sp³-hybridized carbons (Fsp3) is 0.800. The molecule has 3 fully saturated rings. The second-order valence-electron chi connectivity index (χ2n) is 8.59. The second-order valence-corrected chi connectivity index (χ2v) is 8.59. The minimum Gasteiger partial charge on any atom is -0.354 e. The smallest absolute Gasteiger partial charge is 0.136 e. The molecule has 0 aromatic carbocycles. The van der Waals surface area contributed by atoms with Crippen LogP contribution in [-0.2, 0) is 5.41 Å². The van der Waals surface area contributed by atoms with Crippen LogP contribution in [0.5, 0.6) is 0 Å². The van der Waals surface area contributed by atoms with E-state index in [-0.39, 0.29) is 5.41 Å². The van der Waals surface area contributed by atoms with E-state index in [9.17, 15) is 0 Å². The number of anilines is 1. The van der Waals surface area contributed by atoms with Gasteiger partial charge in [-0.1, -0.05) is 27.2 Å². The Kier molecular flexibility index (Phi) is 6.84. The van der Waals surface area contributed by atoms with Crippen LogP contribution in [-0.4, -0.2) is 62.3 Å². The van der Waals surface area contributed by atoms with Gasteiger partial charge in [0, 0.05) is 75.5 Å². The molecule has 0 amide bonds. The summed E-state index contributed by atoms with van der Waals surface area (Å²) in [6, 6.07) is 2.24. The molecule has 1 aromatic rings. The molecule has 2 saturated heterocycles. The van der Waals surface area contributed by atoms with Gasteiger partial charge in [0.2, 0.25) is 0 Å². The predicted octanol–water partition coefficient (Wildman–Crippen LogP) is 1.63. The highest BCUT2D eigenvalue weighted by atomic mass is 15.2. The van der Waals surface area contributed by atoms with Crippen molar-refractivity contribution in [3.63, 3.8) is 0 Å². The van der Waals surface area contributed by atoms with Crippen LogP contribution in [0.3, 0.4) is 0 Å². The number of aromatic nitrogens is 2. The zero-order chi connectivity index (χ0) is 18.4. The van der Waals surface area contributed by atoms with Gasteiger partial charge in [-0.15, -0.1) is 0 Å². The Balaban J connectivity index is 0.000000278. The third-order valence-electron chi connectivity index (χ3n) is 5.32. The zero-order valence-corrected chi connectivity index (χ0v) is 16.8. The molecular formula is C20H36N6. The SMILES string of the molecule is C1CNCCN1.CC(C)(C)c1nc(C2CCC2)cc(N2CCNCC2)n1. The van der Waals surface area contributed by atoms with Crippen LogP contribution in [0.4, 0.5) is 5.82 Å². The van der Waals surface area contributed by atoms with Crippen molar-refractivity contribution in [1.82, 2.24) is 25.9 Å². The van der Waals surface area contributed by atoms with Gasteiger partial charge in [0.05, 0.1) is 0 Å². The molecule has 3 heterocycles. The molecule has 26 heavy (non-hydrogen) atoms. The lowest BCUT2D eigenvalue weighted by Crippen LogP contribution is -2.44. The molecule has 0 bridgehead atoms. The van der Waals surface area contributed by atoms with Crippen molar-refractivity contribution in [2.24, 2.45) is 0 Å². The van der Waals surface area contributed by atoms with Crippen molar-refractivity contribution in [3.8, 4) is 0 Å². The van der Waals surface area contributed by atoms with Crippen molar-refractivity contribution >= 4 is 5.82 Å². The highest BCUT2D eigenvalue weighted by Crippen LogP contribution is 2.37. The maximum Gasteiger partial charge on any atom is 0.136 e. The number of rotatable bonds is 2. The van der Waals surface area contributed by atoms with E-state index in [0.29, 0.717) is 5.92 Å². The Labute approximate surface area is 158 Å². The number of nitrogens with zero attached hydrogens (tertiary/aromatic N) is 3. The minimum absolute atomic E-state index is 0.0164. The molecule has 3 N–H and O–H groups in total. The Hall–Kier alpha value is -1.24. The lowest BCUT2D eigenvalue weighted by molar-refractivity contribution is 0.405. The molecule has 0 unspecified atom stereocenters. The maximum absolute atomic E-state index is 4.87. The van der Waals surface area contributed by atoms with E-state index < -0.39 is 0 Å². The van der Waals surface area contributed by atoms with E-state index in [4.69, 9.17) is 9.97 Å². The summed E-state index contributed by atoms with van der Waals surface area (Å²) in [6.07, 6.45) is 3.94. The first-order chi connectivity index (χ1) is 12.5. The predicted molar refractivity (Wildman–Crippen MR) is 108 cm³/mol. The fourth-order valence-electron chi connectivity index (χ4n) is 3.36. The molecule has 1 saturated carbocycles. The van der Waals surface area contributed by atoms with Crippen LogP contribution in [0.1, 0.15) is 57.5 Å². The monoisotopic (exact) mass is 360 g/mol. The summed E-state index contributed by atoms with van der Waals surface area (Å²) in [7, 11) is 0. The topological polar surface area (TPSA) is 65.1 Å². The second kappa shape index (κ2) is 9.11. The number of piperazine rings is 2. The van der Waals surface area contributed by atoms with Crippen molar-refractivity contribution < 1.29 is 0 Å². The van der Waals surface area contributed by atoms with Gasteiger partial charge in [-0.05, 0) is 12.8 Å². The summed E-state index contributed by atoms with van der Waals surface area (Å²) < 4.78 is 0. The summed E-state index contributed by atoms with van der Waals surface area (Å²) >= 11 is 0. The Morgan fingerprint density at radius 2 is 1.46 bits per heavy atom. The van der Waals surface area contributed by atoms with Gasteiger partial charge in [-0.25, -0.2) is 9.97 Å². The van der Waals surface area contributed by atoms with E-state index in [2.05, 4.69) is 47.7 Å². The Morgan fingerprint density at radius 3 is 1.92 bits per heavy atom. The van der Waals surface area contributed by atoms with Crippen LogP contribution in [0.2, 0.25) is 0 Å². The summed E-state index contributed by atoms with van der Waals surface area (Å²) in [5, 5.41) is 9.85. The average molecular weight is 361 g/mol. The molecule has 6 heteroatoms. The number of hydrogen-bond donors (Lipinski definition) is 3. The Bertz CT molecular complexity index is 542. The van der Waals surface area contributed by atoms with E-state index in [1.807, 2.05) is 0 Å². The first kappa shape index (κ1) is 19.5. The summed E-state index contributed by atoms with van der Waals surface area (Å²) in [5.41, 5.74) is 1.28. The van der Waals surface area contributed by atoms with E-state index in [0.717, 1.165) is 64.0 Å². The van der Waals surface area contributed by atoms with Crippen molar-refractivity contribution in [3.05, 3.63) is 17.6 Å². The molecule has 4 rings (SSSR count). The van der Waals surface area contributed by atoms with Crippen LogP contribution >= 0.6 is 0 Å². The van der Waals surface area contributed by atoms with Gasteiger partial charge in [0.1, 0.15) is 11.6 Å². The molecule has 0 spiro atoms. The number of nitrogens with one attached hydrogen (secondary N) is 3. The highest BCUT2D eigenvalue weighted by molar-refractivity contribution is 5.42. The molecule has 0 radical (unpaired) electrons. The molecule has 6 nitrogen and oxygen atoms in total. The van der Waals surface area contributed by atoms with Gasteiger partial charge < -0.3 is 20.9 Å². The summed E-state index contributed by atoms with van der Waals surface area (Å²) in [5.74, 6) is 2.80. The highest BCUT2D eigenvalue weighted by Gasteiger charge is 2.26. The average Bonchev–Trinajstić information content (AvgIpc) is 2.62. The van der Waals surface area contributed by atoms with Crippen LogP contribution in [0.15, 0.2) is 6.07 Å².